The predicted molar refractivity (Wildman–Crippen MR) is 143 cm³/mol. The highest BCUT2D eigenvalue weighted by molar-refractivity contribution is 8.09. The summed E-state index contributed by atoms with van der Waals surface area (Å²) in [6.45, 7) is 2.38. The van der Waals surface area contributed by atoms with Crippen LogP contribution < -0.4 is 20.9 Å². The molecule has 2 aromatic rings. The minimum atomic E-state index is -3.50. The fourth-order valence-electron chi connectivity index (χ4n) is 3.20. The molecule has 0 saturated carbocycles. The zero-order chi connectivity index (χ0) is 28.5. The molecule has 4 N–H and O–H groups in total. The van der Waals surface area contributed by atoms with Crippen LogP contribution in [0.5, 0.6) is 5.75 Å². The van der Waals surface area contributed by atoms with Crippen molar-refractivity contribution in [2.75, 3.05) is 13.7 Å². The minimum Gasteiger partial charge on any atom is -0.462 e. The summed E-state index contributed by atoms with van der Waals surface area (Å²) in [5, 5.41) is 25.2. The van der Waals surface area contributed by atoms with E-state index >= 15 is 0 Å². The Hall–Kier alpha value is -2.82. The lowest BCUT2D eigenvalue weighted by Crippen LogP contribution is -2.56. The summed E-state index contributed by atoms with van der Waals surface area (Å²) in [7, 11) is 1.24. The number of rotatable bonds is 13. The van der Waals surface area contributed by atoms with E-state index in [1.54, 1.807) is 44.2 Å². The second-order valence-electron chi connectivity index (χ2n) is 8.33. The molecule has 38 heavy (non-hydrogen) atoms. The number of carbonyl (C=O) groups is 1. The zero-order valence-electron chi connectivity index (χ0n) is 21.6. The van der Waals surface area contributed by atoms with Gasteiger partial charge in [0, 0.05) is 19.4 Å². The summed E-state index contributed by atoms with van der Waals surface area (Å²) >= 11 is 5.64. The molecule has 208 valence electrons. The molecule has 0 saturated heterocycles. The fraction of sp³-hybridized carbons (Fsp3) is 0.458. The summed E-state index contributed by atoms with van der Waals surface area (Å²) in [4.78, 5) is 38.3. The molecule has 3 unspecified atom stereocenters. The molecule has 14 heteroatoms. The van der Waals surface area contributed by atoms with Crippen LogP contribution in [0, 0.1) is 11.8 Å². The van der Waals surface area contributed by atoms with Crippen molar-refractivity contribution in [3.05, 3.63) is 63.4 Å². The van der Waals surface area contributed by atoms with Gasteiger partial charge in [0.2, 0.25) is 5.72 Å². The molecule has 0 aliphatic carbocycles. The average molecular weight is 570 g/mol. The topological polar surface area (TPSA) is 161 Å². The molecule has 1 heterocycles. The van der Waals surface area contributed by atoms with Crippen molar-refractivity contribution in [1.82, 2.24) is 14.6 Å². The van der Waals surface area contributed by atoms with Gasteiger partial charge >= 0.3 is 18.3 Å². The number of aromatic amines is 1. The maximum absolute atomic E-state index is 12.4. The molecule has 1 aromatic heterocycles. The van der Waals surface area contributed by atoms with Crippen LogP contribution in [0.25, 0.3) is 0 Å². The Bertz CT molecular complexity index is 1300. The van der Waals surface area contributed by atoms with Crippen LogP contribution in [-0.4, -0.2) is 63.8 Å². The van der Waals surface area contributed by atoms with Crippen molar-refractivity contribution < 1.29 is 33.5 Å². The molecular formula is C24H32N3O9PS. The third-order valence-corrected chi connectivity index (χ3v) is 7.50. The molecule has 2 rings (SSSR count). The SMILES string of the molecule is CC#C[C@@](O)([C@H](O)C(COP(=S)(NC(C)C(=O)OC(C)C)Oc1ccccc1)OC)n1ccc(=O)[nH]c1=O. The monoisotopic (exact) mass is 569 g/mol. The van der Waals surface area contributed by atoms with Gasteiger partial charge < -0.3 is 28.7 Å². The molecule has 0 aliphatic rings. The van der Waals surface area contributed by atoms with Crippen LogP contribution in [0.15, 0.2) is 52.2 Å². The quantitative estimate of drug-likeness (QED) is 0.154. The lowest BCUT2D eigenvalue weighted by Gasteiger charge is -2.35. The molecule has 1 aromatic carbocycles. The highest BCUT2D eigenvalue weighted by atomic mass is 32.5. The number of ether oxygens (including phenoxy) is 2. The van der Waals surface area contributed by atoms with Crippen molar-refractivity contribution in [2.45, 2.75) is 57.8 Å². The van der Waals surface area contributed by atoms with Gasteiger partial charge in [0.15, 0.2) is 0 Å². The van der Waals surface area contributed by atoms with Crippen molar-refractivity contribution in [3.63, 3.8) is 0 Å². The fourth-order valence-corrected chi connectivity index (χ4v) is 5.62. The Morgan fingerprint density at radius 1 is 1.24 bits per heavy atom. The van der Waals surface area contributed by atoms with Crippen LogP contribution >= 0.6 is 6.64 Å². The van der Waals surface area contributed by atoms with E-state index in [2.05, 4.69) is 16.9 Å². The number of hydrogen-bond acceptors (Lipinski definition) is 10. The molecule has 0 fully saturated rings. The second-order valence-corrected chi connectivity index (χ2v) is 11.5. The summed E-state index contributed by atoms with van der Waals surface area (Å²) < 4.78 is 23.0. The Labute approximate surface area is 225 Å². The highest BCUT2D eigenvalue weighted by Crippen LogP contribution is 2.45. The van der Waals surface area contributed by atoms with Crippen LogP contribution in [0.1, 0.15) is 27.7 Å². The lowest BCUT2D eigenvalue weighted by atomic mass is 10.0. The van der Waals surface area contributed by atoms with E-state index in [1.807, 2.05) is 4.98 Å². The van der Waals surface area contributed by atoms with Crippen molar-refractivity contribution in [3.8, 4) is 17.6 Å². The number of benzene rings is 1. The maximum atomic E-state index is 12.4. The predicted octanol–water partition coefficient (Wildman–Crippen LogP) is 0.831. The maximum Gasteiger partial charge on any atom is 0.331 e. The number of para-hydroxylation sites is 1. The van der Waals surface area contributed by atoms with E-state index in [-0.39, 0.29) is 6.10 Å². The van der Waals surface area contributed by atoms with E-state index in [0.717, 1.165) is 12.3 Å². The molecule has 0 radical (unpaired) electrons. The number of H-pyrrole nitrogens is 1. The molecule has 0 aliphatic heterocycles. The van der Waals surface area contributed by atoms with E-state index in [4.69, 9.17) is 30.3 Å². The highest BCUT2D eigenvalue weighted by Gasteiger charge is 2.43. The van der Waals surface area contributed by atoms with Gasteiger partial charge in [0.05, 0.1) is 12.7 Å². The van der Waals surface area contributed by atoms with Crippen LogP contribution in [0.2, 0.25) is 0 Å². The third-order valence-electron chi connectivity index (χ3n) is 5.00. The van der Waals surface area contributed by atoms with Crippen molar-refractivity contribution >= 4 is 24.4 Å². The first kappa shape index (κ1) is 31.4. The van der Waals surface area contributed by atoms with Gasteiger partial charge in [-0.15, -0.1) is 5.92 Å². The summed E-state index contributed by atoms with van der Waals surface area (Å²) in [5.74, 6) is 4.62. The smallest absolute Gasteiger partial charge is 0.331 e. The summed E-state index contributed by atoms with van der Waals surface area (Å²) in [6, 6.07) is 8.58. The number of carbonyl (C=O) groups excluding carboxylic acids is 1. The Kier molecular flexibility index (Phi) is 11.4. The number of nitrogens with zero attached hydrogens (tertiary/aromatic N) is 1. The van der Waals surface area contributed by atoms with E-state index in [0.29, 0.717) is 10.3 Å². The molecule has 0 bridgehead atoms. The van der Waals surface area contributed by atoms with Crippen LogP contribution in [0.3, 0.4) is 0 Å². The number of esters is 1. The van der Waals surface area contributed by atoms with Crippen molar-refractivity contribution in [2.24, 2.45) is 0 Å². The molecular weight excluding hydrogens is 537 g/mol. The van der Waals surface area contributed by atoms with Gasteiger partial charge in [-0.1, -0.05) is 18.2 Å². The number of nitrogens with one attached hydrogen (secondary N) is 2. The second kappa shape index (κ2) is 13.8. The third kappa shape index (κ3) is 8.34. The first-order valence-corrected chi connectivity index (χ1v) is 14.2. The van der Waals surface area contributed by atoms with Gasteiger partial charge in [-0.2, -0.15) is 0 Å². The Morgan fingerprint density at radius 3 is 2.45 bits per heavy atom. The van der Waals surface area contributed by atoms with Gasteiger partial charge in [0.1, 0.15) is 24.0 Å². The number of aromatic nitrogens is 2. The Balaban J connectivity index is 2.35. The van der Waals surface area contributed by atoms with Gasteiger partial charge in [-0.05, 0) is 57.6 Å². The average Bonchev–Trinajstić information content (AvgIpc) is 2.84. The van der Waals surface area contributed by atoms with Crippen LogP contribution in [0.4, 0.5) is 0 Å². The lowest BCUT2D eigenvalue weighted by molar-refractivity contribution is -0.154. The summed E-state index contributed by atoms with van der Waals surface area (Å²) in [5.41, 5.74) is -4.21. The molecule has 5 atom stereocenters. The molecule has 0 spiro atoms. The first-order valence-electron chi connectivity index (χ1n) is 11.5. The van der Waals surface area contributed by atoms with Crippen molar-refractivity contribution in [1.29, 1.82) is 0 Å². The van der Waals surface area contributed by atoms with Gasteiger partial charge in [-0.3, -0.25) is 19.1 Å². The van der Waals surface area contributed by atoms with E-state index < -0.39 is 54.4 Å². The number of hydrogen-bond donors (Lipinski definition) is 4. The number of methoxy groups -OCH3 is 1. The number of aliphatic hydroxyl groups excluding tert-OH is 1. The largest absolute Gasteiger partial charge is 0.462 e. The zero-order valence-corrected chi connectivity index (χ0v) is 23.3. The number of aliphatic hydroxyl groups is 2. The van der Waals surface area contributed by atoms with Gasteiger partial charge in [-0.25, -0.2) is 9.88 Å². The normalized spacial score (nSPS) is 16.7. The summed E-state index contributed by atoms with van der Waals surface area (Å²) in [6.07, 6.45) is -2.54. The first-order chi connectivity index (χ1) is 17.8. The van der Waals surface area contributed by atoms with Crippen LogP contribution in [-0.2, 0) is 36.3 Å². The minimum absolute atomic E-state index is 0.357. The standard InChI is InChI=1S/C24H32N3O9PS/c1-6-13-24(32,27-14-12-20(28)25-23(27)31)21(29)19(33-5)15-34-37(38,36-18-10-8-7-9-11-18)26-17(4)22(30)35-16(2)3/h7-12,14,16-17,19,21,29,32H,15H2,1-5H3,(H,26,38)(H,25,28,31)/t17?,19?,21-,24-,37?/m1/s1. The Morgan fingerprint density at radius 2 is 1.89 bits per heavy atom. The molecule has 12 nitrogen and oxygen atoms in total. The van der Waals surface area contributed by atoms with E-state index in [9.17, 15) is 24.6 Å². The van der Waals surface area contributed by atoms with E-state index in [1.165, 1.54) is 21.0 Å². The molecule has 0 amide bonds. The van der Waals surface area contributed by atoms with Gasteiger partial charge in [0.25, 0.3) is 5.56 Å².